The lowest BCUT2D eigenvalue weighted by Crippen LogP contribution is -2.60. The zero-order valence-corrected chi connectivity index (χ0v) is 14.5. The Morgan fingerprint density at radius 1 is 1.16 bits per heavy atom. The molecule has 0 aromatic carbocycles. The fraction of sp³-hybridized carbons (Fsp3) is 1.00. The van der Waals surface area contributed by atoms with E-state index in [0.29, 0.717) is 12.8 Å². The van der Waals surface area contributed by atoms with Crippen LogP contribution in [-0.2, 0) is 9.47 Å². The summed E-state index contributed by atoms with van der Waals surface area (Å²) in [5.74, 6) is -0.340. The van der Waals surface area contributed by atoms with Crippen LogP contribution in [0.15, 0.2) is 0 Å². The molecule has 2 fully saturated rings. The molecule has 1 aliphatic carbocycles. The van der Waals surface area contributed by atoms with E-state index in [-0.39, 0.29) is 18.9 Å². The summed E-state index contributed by atoms with van der Waals surface area (Å²) in [6.45, 7) is 2.25. The van der Waals surface area contributed by atoms with Crippen LogP contribution in [0.5, 0.6) is 0 Å². The maximum Gasteiger partial charge on any atom is 0.186 e. The Morgan fingerprint density at radius 2 is 1.80 bits per heavy atom. The summed E-state index contributed by atoms with van der Waals surface area (Å²) in [4.78, 5) is 0. The summed E-state index contributed by atoms with van der Waals surface area (Å²) in [5, 5.41) is 69.3. The summed E-state index contributed by atoms with van der Waals surface area (Å²) >= 11 is 0. The van der Waals surface area contributed by atoms with Crippen molar-refractivity contribution in [2.45, 2.75) is 81.1 Å². The normalized spacial score (nSPS) is 48.1. The van der Waals surface area contributed by atoms with Gasteiger partial charge in [-0.15, -0.1) is 0 Å². The lowest BCUT2D eigenvalue weighted by Gasteiger charge is -2.44. The second-order valence-corrected chi connectivity index (χ2v) is 7.71. The van der Waals surface area contributed by atoms with Crippen LogP contribution < -0.4 is 0 Å². The first kappa shape index (κ1) is 20.9. The summed E-state index contributed by atoms with van der Waals surface area (Å²) in [5.41, 5.74) is -2.55. The van der Waals surface area contributed by atoms with Gasteiger partial charge in [0.25, 0.3) is 0 Å². The Hall–Kier alpha value is -0.360. The molecule has 2 aliphatic rings. The molecule has 0 unspecified atom stereocenters. The van der Waals surface area contributed by atoms with Gasteiger partial charge in [0.05, 0.1) is 30.5 Å². The van der Waals surface area contributed by atoms with Gasteiger partial charge in [-0.05, 0) is 39.0 Å². The smallest absolute Gasteiger partial charge is 0.186 e. The summed E-state index contributed by atoms with van der Waals surface area (Å²) in [7, 11) is 0. The highest BCUT2D eigenvalue weighted by atomic mass is 16.7. The lowest BCUT2D eigenvalue weighted by molar-refractivity contribution is -0.310. The van der Waals surface area contributed by atoms with Crippen molar-refractivity contribution in [2.24, 2.45) is 5.92 Å². The van der Waals surface area contributed by atoms with Gasteiger partial charge in [-0.2, -0.15) is 0 Å². The Kier molecular flexibility index (Phi) is 6.46. The molecule has 1 saturated heterocycles. The quantitative estimate of drug-likeness (QED) is 0.278. The molecule has 148 valence electrons. The van der Waals surface area contributed by atoms with Crippen LogP contribution in [0.3, 0.4) is 0 Å². The fourth-order valence-electron chi connectivity index (χ4n) is 3.41. The highest BCUT2D eigenvalue weighted by Crippen LogP contribution is 2.38. The highest BCUT2D eigenvalue weighted by Gasteiger charge is 2.47. The van der Waals surface area contributed by atoms with Crippen LogP contribution in [-0.4, -0.2) is 97.0 Å². The third kappa shape index (κ3) is 4.49. The Labute approximate surface area is 146 Å². The first-order valence-corrected chi connectivity index (χ1v) is 8.54. The van der Waals surface area contributed by atoms with Crippen LogP contribution in [0.2, 0.25) is 0 Å². The van der Waals surface area contributed by atoms with Crippen molar-refractivity contribution in [1.82, 2.24) is 0 Å². The lowest BCUT2D eigenvalue weighted by atomic mass is 9.71. The average molecular weight is 366 g/mol. The minimum absolute atomic E-state index is 0.193. The SMILES string of the molecule is C[C@](O)(CO[C@@H]1O[C@H](CO)[C@@H](O)[C@H](O)[C@H]1O)[C@@H]1CC[C@@](C)(O)[C@H](O)C1. The van der Waals surface area contributed by atoms with Crippen LogP contribution in [0.25, 0.3) is 0 Å². The zero-order chi connectivity index (χ0) is 19.0. The molecule has 2 rings (SSSR count). The van der Waals surface area contributed by atoms with Crippen molar-refractivity contribution < 1.29 is 45.2 Å². The first-order chi connectivity index (χ1) is 11.5. The summed E-state index contributed by atoms with van der Waals surface area (Å²) in [6.07, 6.45) is -6.93. The van der Waals surface area contributed by atoms with Gasteiger partial charge in [0, 0.05) is 0 Å². The van der Waals surface area contributed by atoms with Gasteiger partial charge >= 0.3 is 0 Å². The van der Waals surface area contributed by atoms with Crippen molar-refractivity contribution in [3.63, 3.8) is 0 Å². The van der Waals surface area contributed by atoms with E-state index in [0.717, 1.165) is 0 Å². The number of ether oxygens (including phenoxy) is 2. The molecule has 7 N–H and O–H groups in total. The van der Waals surface area contributed by atoms with Crippen molar-refractivity contribution in [1.29, 1.82) is 0 Å². The van der Waals surface area contributed by atoms with Crippen LogP contribution in [0.1, 0.15) is 33.1 Å². The molecule has 0 aromatic heterocycles. The van der Waals surface area contributed by atoms with Gasteiger partial charge < -0.3 is 45.2 Å². The highest BCUT2D eigenvalue weighted by molar-refractivity contribution is 4.96. The number of aliphatic hydroxyl groups is 7. The van der Waals surface area contributed by atoms with Gasteiger partial charge in [-0.25, -0.2) is 0 Å². The number of hydrogen-bond donors (Lipinski definition) is 7. The number of rotatable bonds is 5. The van der Waals surface area contributed by atoms with Crippen molar-refractivity contribution in [3.05, 3.63) is 0 Å². The molecule has 1 aliphatic heterocycles. The summed E-state index contributed by atoms with van der Waals surface area (Å²) < 4.78 is 10.6. The van der Waals surface area contributed by atoms with Gasteiger partial charge in [0.15, 0.2) is 6.29 Å². The topological polar surface area (TPSA) is 160 Å². The van der Waals surface area contributed by atoms with E-state index < -0.39 is 54.6 Å². The molecule has 0 bridgehead atoms. The average Bonchev–Trinajstić information content (AvgIpc) is 2.54. The Bertz CT molecular complexity index is 439. The first-order valence-electron chi connectivity index (χ1n) is 8.54. The summed E-state index contributed by atoms with van der Waals surface area (Å²) in [6, 6.07) is 0. The third-order valence-electron chi connectivity index (χ3n) is 5.49. The minimum atomic E-state index is -1.55. The number of aliphatic hydroxyl groups excluding tert-OH is 5. The molecule has 0 amide bonds. The van der Waals surface area contributed by atoms with Gasteiger partial charge in [0.1, 0.15) is 24.4 Å². The maximum atomic E-state index is 10.7. The zero-order valence-electron chi connectivity index (χ0n) is 14.5. The minimum Gasteiger partial charge on any atom is -0.394 e. The van der Waals surface area contributed by atoms with E-state index in [9.17, 15) is 30.6 Å². The molecule has 1 saturated carbocycles. The molecular weight excluding hydrogens is 336 g/mol. The van der Waals surface area contributed by atoms with E-state index >= 15 is 0 Å². The van der Waals surface area contributed by atoms with Crippen molar-refractivity contribution in [2.75, 3.05) is 13.2 Å². The molecule has 9 nitrogen and oxygen atoms in total. The van der Waals surface area contributed by atoms with Crippen molar-refractivity contribution in [3.8, 4) is 0 Å². The Balaban J connectivity index is 1.95. The second-order valence-electron chi connectivity index (χ2n) is 7.71. The predicted molar refractivity (Wildman–Crippen MR) is 84.3 cm³/mol. The van der Waals surface area contributed by atoms with E-state index in [4.69, 9.17) is 14.6 Å². The number of hydrogen-bond acceptors (Lipinski definition) is 9. The van der Waals surface area contributed by atoms with E-state index in [1.165, 1.54) is 6.92 Å². The van der Waals surface area contributed by atoms with E-state index in [2.05, 4.69) is 0 Å². The predicted octanol–water partition coefficient (Wildman–Crippen LogP) is -2.53. The molecular formula is C16H30O9. The molecule has 9 atom stereocenters. The molecule has 0 spiro atoms. The van der Waals surface area contributed by atoms with E-state index in [1.807, 2.05) is 0 Å². The fourth-order valence-corrected chi connectivity index (χ4v) is 3.41. The molecule has 0 radical (unpaired) electrons. The van der Waals surface area contributed by atoms with Gasteiger partial charge in [-0.3, -0.25) is 0 Å². The van der Waals surface area contributed by atoms with Crippen molar-refractivity contribution >= 4 is 0 Å². The van der Waals surface area contributed by atoms with Gasteiger partial charge in [0.2, 0.25) is 0 Å². The molecule has 0 aromatic rings. The van der Waals surface area contributed by atoms with Gasteiger partial charge in [-0.1, -0.05) is 0 Å². The standard InChI is InChI=1S/C16H30O9/c1-15(22)4-3-8(5-10(15)18)16(2,23)7-24-14-13(21)12(20)11(19)9(6-17)25-14/h8-14,17-23H,3-7H2,1-2H3/t8-,9-,10-,11-,12+,13-,14-,15-,16+/m1/s1. The third-order valence-corrected chi connectivity index (χ3v) is 5.49. The molecule has 25 heavy (non-hydrogen) atoms. The van der Waals surface area contributed by atoms with Crippen LogP contribution in [0.4, 0.5) is 0 Å². The maximum absolute atomic E-state index is 10.7. The van der Waals surface area contributed by atoms with E-state index in [1.54, 1.807) is 6.92 Å². The largest absolute Gasteiger partial charge is 0.394 e. The van der Waals surface area contributed by atoms with Crippen LogP contribution in [0, 0.1) is 5.92 Å². The molecule has 1 heterocycles. The molecule has 9 heteroatoms. The monoisotopic (exact) mass is 366 g/mol. The second kappa shape index (κ2) is 7.71. The van der Waals surface area contributed by atoms with Crippen LogP contribution >= 0.6 is 0 Å². The Morgan fingerprint density at radius 3 is 2.36 bits per heavy atom.